The molecular weight excluding hydrogens is 477 g/mol. The number of aromatic nitrogens is 1. The third-order valence-electron chi connectivity index (χ3n) is 5.36. The maximum absolute atomic E-state index is 13.0. The third-order valence-corrected chi connectivity index (χ3v) is 6.14. The van der Waals surface area contributed by atoms with Gasteiger partial charge in [0.15, 0.2) is 0 Å². The van der Waals surface area contributed by atoms with Gasteiger partial charge in [-0.3, -0.25) is 9.59 Å². The first kappa shape index (κ1) is 29.0. The number of carbonyl (C=O) groups is 2. The van der Waals surface area contributed by atoms with Gasteiger partial charge in [0.05, 0.1) is 6.54 Å². The van der Waals surface area contributed by atoms with Crippen molar-refractivity contribution in [2.24, 2.45) is 0 Å². The predicted molar refractivity (Wildman–Crippen MR) is 143 cm³/mol. The van der Waals surface area contributed by atoms with Crippen molar-refractivity contribution >= 4 is 23.2 Å². The summed E-state index contributed by atoms with van der Waals surface area (Å²) >= 11 is 1.54. The van der Waals surface area contributed by atoms with Gasteiger partial charge in [0.1, 0.15) is 22.7 Å². The number of hydrogen-bond acceptors (Lipinski definition) is 5. The number of piperidine rings is 1. The Morgan fingerprint density at radius 2 is 1.86 bits per heavy atom. The van der Waals surface area contributed by atoms with Gasteiger partial charge in [0.25, 0.3) is 5.91 Å². The summed E-state index contributed by atoms with van der Waals surface area (Å²) in [7, 11) is 0. The van der Waals surface area contributed by atoms with Gasteiger partial charge >= 0.3 is 0 Å². The summed E-state index contributed by atoms with van der Waals surface area (Å²) in [5, 5.41) is 5.65. The highest BCUT2D eigenvalue weighted by Crippen LogP contribution is 2.20. The topological polar surface area (TPSA) is 71.5 Å². The average molecular weight is 514 g/mol. The van der Waals surface area contributed by atoms with E-state index in [0.717, 1.165) is 36.5 Å². The second-order valence-corrected chi connectivity index (χ2v) is 8.97. The summed E-state index contributed by atoms with van der Waals surface area (Å²) in [4.78, 5) is 29.2. The van der Waals surface area contributed by atoms with E-state index in [0.29, 0.717) is 24.3 Å². The highest BCUT2D eigenvalue weighted by molar-refractivity contribution is 7.09. The SMILES string of the molecule is CC.CCC(=O)N1CCC(Oc2cccc(F)c2)CC1.Cc1cccc(C(=O)NCc2nccs2)c1. The number of amides is 2. The highest BCUT2D eigenvalue weighted by atomic mass is 32.1. The first-order valence-electron chi connectivity index (χ1n) is 12.4. The van der Waals surface area contributed by atoms with Crippen LogP contribution in [0.3, 0.4) is 0 Å². The van der Waals surface area contributed by atoms with Crippen LogP contribution in [0.15, 0.2) is 60.1 Å². The molecule has 6 nitrogen and oxygen atoms in total. The maximum Gasteiger partial charge on any atom is 0.251 e. The Morgan fingerprint density at radius 3 is 2.47 bits per heavy atom. The van der Waals surface area contributed by atoms with Crippen molar-refractivity contribution in [3.05, 3.63) is 82.1 Å². The normalized spacial score (nSPS) is 13.0. The molecule has 0 radical (unpaired) electrons. The van der Waals surface area contributed by atoms with Crippen LogP contribution >= 0.6 is 11.3 Å². The molecule has 2 aromatic carbocycles. The second kappa shape index (κ2) is 15.7. The molecule has 0 atom stereocenters. The van der Waals surface area contributed by atoms with Crippen LogP contribution in [0.25, 0.3) is 0 Å². The summed E-state index contributed by atoms with van der Waals surface area (Å²) in [6.45, 7) is 9.79. The lowest BCUT2D eigenvalue weighted by atomic mass is 10.1. The molecule has 8 heteroatoms. The lowest BCUT2D eigenvalue weighted by molar-refractivity contribution is -0.132. The van der Waals surface area contributed by atoms with Crippen LogP contribution in [0.5, 0.6) is 5.75 Å². The lowest BCUT2D eigenvalue weighted by Gasteiger charge is -2.32. The number of carbonyl (C=O) groups excluding carboxylic acids is 2. The molecule has 0 bridgehead atoms. The molecule has 2 heterocycles. The van der Waals surface area contributed by atoms with Crippen molar-refractivity contribution in [3.8, 4) is 5.75 Å². The number of nitrogens with zero attached hydrogens (tertiary/aromatic N) is 2. The second-order valence-electron chi connectivity index (χ2n) is 7.99. The standard InChI is InChI=1S/C14H18FNO2.C12H12N2OS.C2H6/c1-2-14(17)16-8-6-12(7-9-16)18-13-5-3-4-11(15)10-13;1-9-3-2-4-10(7-9)12(15)14-8-11-13-5-6-16-11;1-2/h3-5,10,12H,2,6-9H2,1H3;2-7H,8H2,1H3,(H,14,15);1-2H3. The molecule has 36 heavy (non-hydrogen) atoms. The Balaban J connectivity index is 0.000000239. The van der Waals surface area contributed by atoms with Crippen molar-refractivity contribution in [2.75, 3.05) is 13.1 Å². The summed E-state index contributed by atoms with van der Waals surface area (Å²) in [6, 6.07) is 13.7. The van der Waals surface area contributed by atoms with E-state index in [2.05, 4.69) is 10.3 Å². The van der Waals surface area contributed by atoms with Crippen molar-refractivity contribution < 1.29 is 18.7 Å². The summed E-state index contributed by atoms with van der Waals surface area (Å²) < 4.78 is 18.7. The molecule has 4 rings (SSSR count). The van der Waals surface area contributed by atoms with Gasteiger partial charge in [-0.15, -0.1) is 11.3 Å². The van der Waals surface area contributed by atoms with Crippen LogP contribution in [0, 0.1) is 12.7 Å². The zero-order valence-corrected chi connectivity index (χ0v) is 22.3. The fourth-order valence-corrected chi connectivity index (χ4v) is 4.12. The van der Waals surface area contributed by atoms with Gasteiger partial charge in [-0.05, 0) is 31.2 Å². The Morgan fingerprint density at radius 1 is 1.14 bits per heavy atom. The summed E-state index contributed by atoms with van der Waals surface area (Å²) in [6.07, 6.45) is 3.98. The number of halogens is 1. The Labute approximate surface area is 217 Å². The minimum Gasteiger partial charge on any atom is -0.490 e. The first-order valence-corrected chi connectivity index (χ1v) is 13.3. The number of hydrogen-bond donors (Lipinski definition) is 1. The molecule has 1 aromatic heterocycles. The van der Waals surface area contributed by atoms with Crippen molar-refractivity contribution in [1.29, 1.82) is 0 Å². The molecule has 1 N–H and O–H groups in total. The fraction of sp³-hybridized carbons (Fsp3) is 0.393. The largest absolute Gasteiger partial charge is 0.490 e. The lowest BCUT2D eigenvalue weighted by Crippen LogP contribution is -2.41. The zero-order valence-electron chi connectivity index (χ0n) is 21.5. The Hall–Kier alpha value is -3.26. The molecule has 1 aliphatic heterocycles. The van der Waals surface area contributed by atoms with E-state index in [9.17, 15) is 14.0 Å². The van der Waals surface area contributed by atoms with E-state index < -0.39 is 0 Å². The van der Waals surface area contributed by atoms with Gasteiger partial charge in [-0.25, -0.2) is 9.37 Å². The van der Waals surface area contributed by atoms with Crippen LogP contribution in [-0.4, -0.2) is 40.9 Å². The molecule has 2 amide bonds. The van der Waals surface area contributed by atoms with E-state index >= 15 is 0 Å². The number of aryl methyl sites for hydroxylation is 1. The van der Waals surface area contributed by atoms with E-state index in [4.69, 9.17) is 4.74 Å². The Kier molecular flexibility index (Phi) is 12.6. The maximum atomic E-state index is 13.0. The number of benzene rings is 2. The smallest absolute Gasteiger partial charge is 0.251 e. The molecule has 3 aromatic rings. The van der Waals surface area contributed by atoms with Crippen molar-refractivity contribution in [1.82, 2.24) is 15.2 Å². The third kappa shape index (κ3) is 9.77. The van der Waals surface area contributed by atoms with Crippen LogP contribution in [0.2, 0.25) is 0 Å². The van der Waals surface area contributed by atoms with Crippen molar-refractivity contribution in [3.63, 3.8) is 0 Å². The Bertz CT molecular complexity index is 1070. The minimum absolute atomic E-state index is 0.0566. The molecule has 1 fully saturated rings. The van der Waals surface area contributed by atoms with Gasteiger partial charge in [0, 0.05) is 55.6 Å². The first-order chi connectivity index (χ1) is 17.4. The summed E-state index contributed by atoms with van der Waals surface area (Å²) in [5.41, 5.74) is 1.78. The van der Waals surface area contributed by atoms with E-state index in [1.807, 2.05) is 62.2 Å². The van der Waals surface area contributed by atoms with Crippen LogP contribution in [0.4, 0.5) is 4.39 Å². The highest BCUT2D eigenvalue weighted by Gasteiger charge is 2.22. The van der Waals surface area contributed by atoms with Crippen LogP contribution in [-0.2, 0) is 11.3 Å². The minimum atomic E-state index is -0.286. The van der Waals surface area contributed by atoms with E-state index in [1.165, 1.54) is 23.5 Å². The van der Waals surface area contributed by atoms with Gasteiger partial charge in [-0.1, -0.05) is 44.5 Å². The number of rotatable bonds is 6. The fourth-order valence-electron chi connectivity index (χ4n) is 3.56. The van der Waals surface area contributed by atoms with E-state index in [1.54, 1.807) is 18.3 Å². The number of likely N-dealkylation sites (tertiary alicyclic amines) is 1. The molecule has 194 valence electrons. The van der Waals surface area contributed by atoms with Gasteiger partial charge in [0.2, 0.25) is 5.91 Å². The molecule has 1 saturated heterocycles. The van der Waals surface area contributed by atoms with Crippen molar-refractivity contribution in [2.45, 2.75) is 59.6 Å². The average Bonchev–Trinajstić information content (AvgIpc) is 3.43. The van der Waals surface area contributed by atoms with Gasteiger partial charge < -0.3 is 15.0 Å². The van der Waals surface area contributed by atoms with E-state index in [-0.39, 0.29) is 23.7 Å². The number of thiazole rings is 1. The molecule has 0 saturated carbocycles. The summed E-state index contributed by atoms with van der Waals surface area (Å²) in [5.74, 6) is 0.416. The zero-order chi connectivity index (χ0) is 26.3. The monoisotopic (exact) mass is 513 g/mol. The van der Waals surface area contributed by atoms with Crippen LogP contribution in [0.1, 0.15) is 61.0 Å². The van der Waals surface area contributed by atoms with Crippen LogP contribution < -0.4 is 10.1 Å². The molecule has 0 unspecified atom stereocenters. The molecular formula is C28H36FN3O3S. The molecule has 0 spiro atoms. The molecule has 1 aliphatic rings. The number of ether oxygens (including phenoxy) is 1. The predicted octanol–water partition coefficient (Wildman–Crippen LogP) is 6.01. The quantitative estimate of drug-likeness (QED) is 0.438. The van der Waals surface area contributed by atoms with Gasteiger partial charge in [-0.2, -0.15) is 0 Å². The number of nitrogens with one attached hydrogen (secondary N) is 1. The molecule has 0 aliphatic carbocycles.